The molecule has 4 heteroatoms. The van der Waals surface area contributed by atoms with Crippen LogP contribution in [0.5, 0.6) is 5.75 Å². The molecule has 0 aliphatic heterocycles. The Morgan fingerprint density at radius 2 is 1.65 bits per heavy atom. The predicted octanol–water partition coefficient (Wildman–Crippen LogP) is 4.78. The molecule has 0 amide bonds. The van der Waals surface area contributed by atoms with Gasteiger partial charge in [0.1, 0.15) is 5.75 Å². The molecule has 0 radical (unpaired) electrons. The molecule has 2 nitrogen and oxygen atoms in total. The van der Waals surface area contributed by atoms with Crippen LogP contribution in [0.2, 0.25) is 0 Å². The lowest BCUT2D eigenvalue weighted by atomic mass is 10.0. The van der Waals surface area contributed by atoms with Crippen LogP contribution < -0.4 is 4.74 Å². The van der Waals surface area contributed by atoms with E-state index in [1.165, 1.54) is 12.1 Å². The third-order valence-electron chi connectivity index (χ3n) is 3.09. The minimum atomic E-state index is -2.80. The molecule has 1 heterocycles. The standard InChI is InChI=1S/C16H17F2NO/c1-10(2)15-9-8-14(11(3)19-15)12-4-6-13(7-5-12)20-16(17)18/h4-10,16H,1-3H3. The number of aromatic nitrogens is 1. The number of rotatable bonds is 4. The number of hydrogen-bond acceptors (Lipinski definition) is 2. The molecule has 20 heavy (non-hydrogen) atoms. The van der Waals surface area contributed by atoms with Crippen LogP contribution >= 0.6 is 0 Å². The zero-order valence-corrected chi connectivity index (χ0v) is 11.7. The van der Waals surface area contributed by atoms with Gasteiger partial charge in [0.05, 0.1) is 0 Å². The van der Waals surface area contributed by atoms with Crippen molar-refractivity contribution in [2.45, 2.75) is 33.3 Å². The third-order valence-corrected chi connectivity index (χ3v) is 3.09. The zero-order valence-electron chi connectivity index (χ0n) is 11.7. The summed E-state index contributed by atoms with van der Waals surface area (Å²) in [5.41, 5.74) is 3.91. The fourth-order valence-corrected chi connectivity index (χ4v) is 2.02. The molecule has 106 valence electrons. The van der Waals surface area contributed by atoms with Crippen LogP contribution in [-0.4, -0.2) is 11.6 Å². The highest BCUT2D eigenvalue weighted by Gasteiger charge is 2.08. The second-order valence-electron chi connectivity index (χ2n) is 4.93. The van der Waals surface area contributed by atoms with Gasteiger partial charge in [0.25, 0.3) is 0 Å². The maximum atomic E-state index is 12.1. The lowest BCUT2D eigenvalue weighted by Crippen LogP contribution is -2.01. The van der Waals surface area contributed by atoms with Gasteiger partial charge in [0, 0.05) is 17.0 Å². The van der Waals surface area contributed by atoms with Crippen molar-refractivity contribution in [3.8, 4) is 16.9 Å². The Morgan fingerprint density at radius 1 is 1.00 bits per heavy atom. The van der Waals surface area contributed by atoms with Crippen LogP contribution in [0, 0.1) is 6.92 Å². The van der Waals surface area contributed by atoms with E-state index in [-0.39, 0.29) is 5.75 Å². The lowest BCUT2D eigenvalue weighted by molar-refractivity contribution is -0.0498. The van der Waals surface area contributed by atoms with E-state index in [2.05, 4.69) is 23.6 Å². The van der Waals surface area contributed by atoms with E-state index in [4.69, 9.17) is 0 Å². The number of benzene rings is 1. The monoisotopic (exact) mass is 277 g/mol. The Balaban J connectivity index is 2.27. The maximum absolute atomic E-state index is 12.1. The summed E-state index contributed by atoms with van der Waals surface area (Å²) >= 11 is 0. The van der Waals surface area contributed by atoms with Crippen molar-refractivity contribution in [3.63, 3.8) is 0 Å². The van der Waals surface area contributed by atoms with Crippen molar-refractivity contribution in [2.75, 3.05) is 0 Å². The summed E-state index contributed by atoms with van der Waals surface area (Å²) < 4.78 is 28.5. The first-order valence-electron chi connectivity index (χ1n) is 6.50. The number of ether oxygens (including phenoxy) is 1. The highest BCUT2D eigenvalue weighted by atomic mass is 19.3. The van der Waals surface area contributed by atoms with E-state index >= 15 is 0 Å². The van der Waals surface area contributed by atoms with Gasteiger partial charge >= 0.3 is 6.61 Å². The summed E-state index contributed by atoms with van der Waals surface area (Å²) in [7, 11) is 0. The average Bonchev–Trinajstić information content (AvgIpc) is 2.39. The molecule has 1 aromatic heterocycles. The largest absolute Gasteiger partial charge is 0.435 e. The number of hydrogen-bond donors (Lipinski definition) is 0. The Bertz CT molecular complexity index is 580. The van der Waals surface area contributed by atoms with Crippen LogP contribution in [0.15, 0.2) is 36.4 Å². The van der Waals surface area contributed by atoms with Crippen molar-refractivity contribution < 1.29 is 13.5 Å². The van der Waals surface area contributed by atoms with Crippen LogP contribution in [0.1, 0.15) is 31.2 Å². The number of alkyl halides is 2. The van der Waals surface area contributed by atoms with Gasteiger partial charge in [-0.05, 0) is 36.6 Å². The molecule has 0 unspecified atom stereocenters. The molecule has 0 N–H and O–H groups in total. The van der Waals surface area contributed by atoms with E-state index in [1.807, 2.05) is 19.1 Å². The van der Waals surface area contributed by atoms with Gasteiger partial charge in [0.15, 0.2) is 0 Å². The van der Waals surface area contributed by atoms with Gasteiger partial charge in [-0.25, -0.2) is 0 Å². The van der Waals surface area contributed by atoms with E-state index in [0.717, 1.165) is 22.5 Å². The molecule has 0 saturated heterocycles. The fourth-order valence-electron chi connectivity index (χ4n) is 2.02. The van der Waals surface area contributed by atoms with Crippen molar-refractivity contribution in [3.05, 3.63) is 47.8 Å². The highest BCUT2D eigenvalue weighted by molar-refractivity contribution is 5.66. The first kappa shape index (κ1) is 14.4. The van der Waals surface area contributed by atoms with Crippen LogP contribution in [0.25, 0.3) is 11.1 Å². The first-order valence-corrected chi connectivity index (χ1v) is 6.50. The molecule has 0 atom stereocenters. The molecular weight excluding hydrogens is 260 g/mol. The van der Waals surface area contributed by atoms with Gasteiger partial charge in [-0.1, -0.05) is 32.0 Å². The number of halogens is 2. The SMILES string of the molecule is Cc1nc(C(C)C)ccc1-c1ccc(OC(F)F)cc1. The summed E-state index contributed by atoms with van der Waals surface area (Å²) in [5, 5.41) is 0. The Kier molecular flexibility index (Phi) is 4.32. The highest BCUT2D eigenvalue weighted by Crippen LogP contribution is 2.26. The molecule has 0 aliphatic rings. The smallest absolute Gasteiger partial charge is 0.387 e. The summed E-state index contributed by atoms with van der Waals surface area (Å²) in [6, 6.07) is 10.6. The average molecular weight is 277 g/mol. The summed E-state index contributed by atoms with van der Waals surface area (Å²) in [6.45, 7) is 3.34. The Morgan fingerprint density at radius 3 is 2.15 bits per heavy atom. The topological polar surface area (TPSA) is 22.1 Å². The van der Waals surface area contributed by atoms with E-state index in [9.17, 15) is 8.78 Å². The Hall–Kier alpha value is -1.97. The zero-order chi connectivity index (χ0) is 14.7. The number of nitrogens with zero attached hydrogens (tertiary/aromatic N) is 1. The molecule has 0 aliphatic carbocycles. The molecule has 0 fully saturated rings. The van der Waals surface area contributed by atoms with Crippen molar-refractivity contribution in [1.82, 2.24) is 4.98 Å². The maximum Gasteiger partial charge on any atom is 0.387 e. The third kappa shape index (κ3) is 3.32. The Labute approximate surface area is 117 Å². The molecule has 2 aromatic rings. The van der Waals surface area contributed by atoms with Gasteiger partial charge in [-0.2, -0.15) is 8.78 Å². The van der Waals surface area contributed by atoms with Crippen LogP contribution in [0.3, 0.4) is 0 Å². The molecule has 0 saturated carbocycles. The van der Waals surface area contributed by atoms with Crippen molar-refractivity contribution in [1.29, 1.82) is 0 Å². The normalized spacial score (nSPS) is 11.2. The van der Waals surface area contributed by atoms with Crippen molar-refractivity contribution >= 4 is 0 Å². The van der Waals surface area contributed by atoms with Crippen molar-refractivity contribution in [2.24, 2.45) is 0 Å². The molecule has 2 rings (SSSR count). The van der Waals surface area contributed by atoms with E-state index in [0.29, 0.717) is 5.92 Å². The molecule has 0 spiro atoms. The lowest BCUT2D eigenvalue weighted by Gasteiger charge is -2.11. The number of pyridine rings is 1. The quantitative estimate of drug-likeness (QED) is 0.802. The van der Waals surface area contributed by atoms with Crippen LogP contribution in [0.4, 0.5) is 8.78 Å². The summed E-state index contributed by atoms with van der Waals surface area (Å²) in [4.78, 5) is 4.57. The second kappa shape index (κ2) is 5.99. The van der Waals surface area contributed by atoms with Gasteiger partial charge in [0.2, 0.25) is 0 Å². The molecular formula is C16H17F2NO. The summed E-state index contributed by atoms with van der Waals surface area (Å²) in [6.07, 6.45) is 0. The first-order chi connectivity index (χ1) is 9.47. The second-order valence-corrected chi connectivity index (χ2v) is 4.93. The minimum Gasteiger partial charge on any atom is -0.435 e. The van der Waals surface area contributed by atoms with E-state index < -0.39 is 6.61 Å². The minimum absolute atomic E-state index is 0.160. The predicted molar refractivity (Wildman–Crippen MR) is 75.1 cm³/mol. The van der Waals surface area contributed by atoms with Gasteiger partial charge in [-0.15, -0.1) is 0 Å². The van der Waals surface area contributed by atoms with Gasteiger partial charge in [-0.3, -0.25) is 4.98 Å². The summed E-state index contributed by atoms with van der Waals surface area (Å²) in [5.74, 6) is 0.540. The van der Waals surface area contributed by atoms with Gasteiger partial charge < -0.3 is 4.74 Å². The molecule has 1 aromatic carbocycles. The van der Waals surface area contributed by atoms with Crippen LogP contribution in [-0.2, 0) is 0 Å². The van der Waals surface area contributed by atoms with E-state index in [1.54, 1.807) is 12.1 Å². The number of aryl methyl sites for hydroxylation is 1. The molecule has 0 bridgehead atoms. The fraction of sp³-hybridized carbons (Fsp3) is 0.312.